The van der Waals surface area contributed by atoms with Gasteiger partial charge in [-0.15, -0.1) is 24.0 Å². The number of halogens is 2. The lowest BCUT2D eigenvalue weighted by molar-refractivity contribution is 0.625. The van der Waals surface area contributed by atoms with Crippen molar-refractivity contribution in [2.75, 3.05) is 25.1 Å². The summed E-state index contributed by atoms with van der Waals surface area (Å²) in [6.45, 7) is 4.19. The van der Waals surface area contributed by atoms with Crippen molar-refractivity contribution in [3.63, 3.8) is 0 Å². The van der Waals surface area contributed by atoms with Crippen molar-refractivity contribution >= 4 is 41.7 Å². The minimum Gasteiger partial charge on any atom is -0.357 e. The number of benzene rings is 1. The smallest absolute Gasteiger partial charge is 0.191 e. The van der Waals surface area contributed by atoms with Crippen LogP contribution in [-0.4, -0.2) is 31.1 Å². The summed E-state index contributed by atoms with van der Waals surface area (Å²) in [6.07, 6.45) is 2.07. The first-order valence-corrected chi connectivity index (χ1v) is 7.41. The molecular formula is C13H21FIN3S. The fourth-order valence-electron chi connectivity index (χ4n) is 1.42. The maximum absolute atomic E-state index is 13.0. The molecule has 19 heavy (non-hydrogen) atoms. The molecule has 0 aliphatic heterocycles. The maximum Gasteiger partial charge on any atom is 0.191 e. The van der Waals surface area contributed by atoms with Crippen molar-refractivity contribution in [3.05, 3.63) is 35.6 Å². The Hall–Kier alpha value is -0.500. The topological polar surface area (TPSA) is 36.4 Å². The molecule has 0 fully saturated rings. The van der Waals surface area contributed by atoms with E-state index in [9.17, 15) is 4.39 Å². The summed E-state index contributed by atoms with van der Waals surface area (Å²) >= 11 is 1.78. The molecule has 0 atom stereocenters. The van der Waals surface area contributed by atoms with E-state index in [2.05, 4.69) is 21.9 Å². The Morgan fingerprint density at radius 1 is 1.37 bits per heavy atom. The average molecular weight is 397 g/mol. The number of nitrogens with zero attached hydrogens (tertiary/aromatic N) is 1. The number of rotatable bonds is 6. The zero-order valence-electron chi connectivity index (χ0n) is 11.3. The molecule has 0 saturated heterocycles. The molecule has 2 N–H and O–H groups in total. The molecule has 3 nitrogen and oxygen atoms in total. The van der Waals surface area contributed by atoms with E-state index in [0.717, 1.165) is 30.4 Å². The third-order valence-electron chi connectivity index (χ3n) is 2.25. The summed E-state index contributed by atoms with van der Waals surface area (Å²) < 4.78 is 13.0. The summed E-state index contributed by atoms with van der Waals surface area (Å²) in [4.78, 5) is 4.42. The van der Waals surface area contributed by atoms with Crippen molar-refractivity contribution < 1.29 is 4.39 Å². The van der Waals surface area contributed by atoms with Gasteiger partial charge in [-0.3, -0.25) is 0 Å². The van der Waals surface area contributed by atoms with Crippen LogP contribution in [0, 0.1) is 5.82 Å². The first-order chi connectivity index (χ1) is 8.76. The molecule has 0 radical (unpaired) electrons. The second-order valence-electron chi connectivity index (χ2n) is 3.74. The standard InChI is InChI=1S/C13H20FN3S.HI/c1-3-15-13(16-7-8-18-2)17-10-11-5-4-6-12(14)9-11;/h4-6,9H,3,7-8,10H2,1-2H3,(H2,15,16,17);1H. The van der Waals surface area contributed by atoms with E-state index in [-0.39, 0.29) is 29.8 Å². The van der Waals surface area contributed by atoms with Crippen LogP contribution in [0.4, 0.5) is 4.39 Å². The van der Waals surface area contributed by atoms with Crippen molar-refractivity contribution in [2.24, 2.45) is 4.99 Å². The Kier molecular flexibility index (Phi) is 11.0. The highest BCUT2D eigenvalue weighted by atomic mass is 127. The summed E-state index contributed by atoms with van der Waals surface area (Å²) in [5.74, 6) is 1.59. The van der Waals surface area contributed by atoms with E-state index in [1.165, 1.54) is 12.1 Å². The summed E-state index contributed by atoms with van der Waals surface area (Å²) in [7, 11) is 0. The van der Waals surface area contributed by atoms with Gasteiger partial charge in [0.15, 0.2) is 5.96 Å². The van der Waals surface area contributed by atoms with Crippen molar-refractivity contribution in [2.45, 2.75) is 13.5 Å². The Bertz CT molecular complexity index is 388. The summed E-state index contributed by atoms with van der Waals surface area (Å²) in [5, 5.41) is 6.39. The fraction of sp³-hybridized carbons (Fsp3) is 0.462. The molecule has 0 amide bonds. The zero-order chi connectivity index (χ0) is 13.2. The molecule has 0 unspecified atom stereocenters. The van der Waals surface area contributed by atoms with Gasteiger partial charge in [0.25, 0.3) is 0 Å². The minimum absolute atomic E-state index is 0. The van der Waals surface area contributed by atoms with Crippen molar-refractivity contribution in [3.8, 4) is 0 Å². The molecule has 0 heterocycles. The number of nitrogens with one attached hydrogen (secondary N) is 2. The third kappa shape index (κ3) is 8.30. The molecule has 0 aliphatic carbocycles. The van der Waals surface area contributed by atoms with Gasteiger partial charge in [0.2, 0.25) is 0 Å². The van der Waals surface area contributed by atoms with E-state index in [1.807, 2.05) is 13.0 Å². The predicted octanol–water partition coefficient (Wildman–Crippen LogP) is 2.86. The van der Waals surface area contributed by atoms with Gasteiger partial charge in [-0.05, 0) is 30.9 Å². The number of hydrogen-bond donors (Lipinski definition) is 2. The summed E-state index contributed by atoms with van der Waals surface area (Å²) in [6, 6.07) is 6.52. The summed E-state index contributed by atoms with van der Waals surface area (Å²) in [5.41, 5.74) is 0.872. The van der Waals surface area contributed by atoms with Crippen molar-refractivity contribution in [1.82, 2.24) is 10.6 Å². The van der Waals surface area contributed by atoms with Crippen LogP contribution in [0.25, 0.3) is 0 Å². The lowest BCUT2D eigenvalue weighted by Gasteiger charge is -2.10. The monoisotopic (exact) mass is 397 g/mol. The Morgan fingerprint density at radius 2 is 2.16 bits per heavy atom. The van der Waals surface area contributed by atoms with Crippen LogP contribution in [0.15, 0.2) is 29.3 Å². The first-order valence-electron chi connectivity index (χ1n) is 6.01. The third-order valence-corrected chi connectivity index (χ3v) is 2.86. The Labute approximate surface area is 135 Å². The van der Waals surface area contributed by atoms with E-state index >= 15 is 0 Å². The van der Waals surface area contributed by atoms with Gasteiger partial charge in [0.1, 0.15) is 5.82 Å². The van der Waals surface area contributed by atoms with Gasteiger partial charge < -0.3 is 10.6 Å². The molecule has 0 aliphatic rings. The van der Waals surface area contributed by atoms with Gasteiger partial charge in [0.05, 0.1) is 6.54 Å². The molecule has 0 aromatic heterocycles. The lowest BCUT2D eigenvalue weighted by atomic mass is 10.2. The zero-order valence-corrected chi connectivity index (χ0v) is 14.4. The van der Waals surface area contributed by atoms with Gasteiger partial charge in [-0.2, -0.15) is 11.8 Å². The van der Waals surface area contributed by atoms with Crippen LogP contribution in [0.1, 0.15) is 12.5 Å². The first kappa shape index (κ1) is 18.5. The predicted molar refractivity (Wildman–Crippen MR) is 93.0 cm³/mol. The number of hydrogen-bond acceptors (Lipinski definition) is 2. The lowest BCUT2D eigenvalue weighted by Crippen LogP contribution is -2.38. The Morgan fingerprint density at radius 3 is 2.79 bits per heavy atom. The maximum atomic E-state index is 13.0. The highest BCUT2D eigenvalue weighted by molar-refractivity contribution is 14.0. The number of aliphatic imine (C=N–C) groups is 1. The second-order valence-corrected chi connectivity index (χ2v) is 4.73. The van der Waals surface area contributed by atoms with E-state index in [0.29, 0.717) is 6.54 Å². The molecule has 0 bridgehead atoms. The van der Waals surface area contributed by atoms with E-state index in [1.54, 1.807) is 17.8 Å². The SMILES string of the molecule is CCNC(=NCc1cccc(F)c1)NCCSC.I. The molecule has 1 rings (SSSR count). The second kappa shape index (κ2) is 11.3. The molecule has 108 valence electrons. The molecule has 1 aromatic carbocycles. The molecule has 0 spiro atoms. The normalized spacial score (nSPS) is 10.8. The van der Waals surface area contributed by atoms with Gasteiger partial charge >= 0.3 is 0 Å². The average Bonchev–Trinajstić information content (AvgIpc) is 2.36. The van der Waals surface area contributed by atoms with E-state index in [4.69, 9.17) is 0 Å². The van der Waals surface area contributed by atoms with Crippen LogP contribution in [0.5, 0.6) is 0 Å². The number of thioether (sulfide) groups is 1. The van der Waals surface area contributed by atoms with Crippen LogP contribution < -0.4 is 10.6 Å². The van der Waals surface area contributed by atoms with Gasteiger partial charge in [-0.25, -0.2) is 9.38 Å². The Balaban J connectivity index is 0.00000324. The highest BCUT2D eigenvalue weighted by Gasteiger charge is 1.97. The van der Waals surface area contributed by atoms with Crippen LogP contribution in [-0.2, 0) is 6.54 Å². The minimum atomic E-state index is -0.219. The largest absolute Gasteiger partial charge is 0.357 e. The molecule has 0 saturated carbocycles. The van der Waals surface area contributed by atoms with Crippen LogP contribution in [0.3, 0.4) is 0 Å². The fourth-order valence-corrected chi connectivity index (χ4v) is 1.73. The quantitative estimate of drug-likeness (QED) is 0.336. The van der Waals surface area contributed by atoms with Crippen LogP contribution in [0.2, 0.25) is 0 Å². The van der Waals surface area contributed by atoms with Crippen molar-refractivity contribution in [1.29, 1.82) is 0 Å². The molecule has 6 heteroatoms. The molecule has 1 aromatic rings. The van der Waals surface area contributed by atoms with Gasteiger partial charge in [-0.1, -0.05) is 12.1 Å². The van der Waals surface area contributed by atoms with E-state index < -0.39 is 0 Å². The van der Waals surface area contributed by atoms with Gasteiger partial charge in [0, 0.05) is 18.8 Å². The molecular weight excluding hydrogens is 376 g/mol. The van der Waals surface area contributed by atoms with Crippen LogP contribution >= 0.6 is 35.7 Å². The number of guanidine groups is 1. The highest BCUT2D eigenvalue weighted by Crippen LogP contribution is 2.04.